The van der Waals surface area contributed by atoms with Crippen molar-refractivity contribution in [3.63, 3.8) is 0 Å². The first-order valence-electron chi connectivity index (χ1n) is 9.18. The molecule has 0 saturated carbocycles. The molecule has 0 radical (unpaired) electrons. The molecule has 0 bridgehead atoms. The fourth-order valence-electron chi connectivity index (χ4n) is 2.96. The molecule has 25 heavy (non-hydrogen) atoms. The van der Waals surface area contributed by atoms with Crippen molar-refractivity contribution in [3.8, 4) is 0 Å². The molecule has 0 atom stereocenters. The van der Waals surface area contributed by atoms with Gasteiger partial charge in [-0.2, -0.15) is 0 Å². The van der Waals surface area contributed by atoms with E-state index in [1.165, 1.54) is 12.8 Å². The normalized spacial score (nSPS) is 14.5. The van der Waals surface area contributed by atoms with E-state index >= 15 is 0 Å². The standard InChI is InChI=1S/C16H40O5Si4/c1-18-15-13-11-10-12-14-16-22(2,3)19-24(6,7)21-25(8,9)20-23(4,5)17/h14,16-17H,10-13,15H2,1-9H3/b16-14+. The van der Waals surface area contributed by atoms with E-state index in [9.17, 15) is 4.80 Å². The summed E-state index contributed by atoms with van der Waals surface area (Å²) in [6.45, 7) is 16.9. The van der Waals surface area contributed by atoms with Gasteiger partial charge in [0.25, 0.3) is 0 Å². The summed E-state index contributed by atoms with van der Waals surface area (Å²) in [5.74, 6) is 0. The van der Waals surface area contributed by atoms with Gasteiger partial charge in [-0.1, -0.05) is 18.2 Å². The Morgan fingerprint density at radius 2 is 1.32 bits per heavy atom. The molecule has 0 spiro atoms. The van der Waals surface area contributed by atoms with Crippen molar-refractivity contribution in [3.05, 3.63) is 11.8 Å². The molecule has 0 unspecified atom stereocenters. The number of hydrogen-bond donors (Lipinski definition) is 1. The number of unbranched alkanes of at least 4 members (excludes halogenated alkanes) is 3. The lowest BCUT2D eigenvalue weighted by Crippen LogP contribution is -2.56. The summed E-state index contributed by atoms with van der Waals surface area (Å²) in [6.07, 6.45) is 6.85. The van der Waals surface area contributed by atoms with Gasteiger partial charge in [0, 0.05) is 13.7 Å². The van der Waals surface area contributed by atoms with Gasteiger partial charge in [0.15, 0.2) is 8.32 Å². The molecule has 0 aliphatic rings. The molecule has 0 rings (SSSR count). The second kappa shape index (κ2) is 10.7. The highest BCUT2D eigenvalue weighted by molar-refractivity contribution is 6.89. The number of allylic oxidation sites excluding steroid dienone is 1. The largest absolute Gasteiger partial charge is 0.433 e. The Hall–Kier alpha value is 0.408. The van der Waals surface area contributed by atoms with Gasteiger partial charge in [0.2, 0.25) is 0 Å². The zero-order chi connectivity index (χ0) is 19.8. The third kappa shape index (κ3) is 15.2. The van der Waals surface area contributed by atoms with Crippen LogP contribution in [-0.4, -0.2) is 52.5 Å². The van der Waals surface area contributed by atoms with Gasteiger partial charge >= 0.3 is 25.7 Å². The van der Waals surface area contributed by atoms with Crippen molar-refractivity contribution in [2.24, 2.45) is 0 Å². The van der Waals surface area contributed by atoms with Crippen LogP contribution in [0.2, 0.25) is 52.4 Å². The number of rotatable bonds is 13. The predicted octanol–water partition coefficient (Wildman–Crippen LogP) is 4.64. The third-order valence-electron chi connectivity index (χ3n) is 3.23. The molecule has 0 aliphatic heterocycles. The van der Waals surface area contributed by atoms with Gasteiger partial charge in [0.05, 0.1) is 0 Å². The molecule has 0 aliphatic carbocycles. The third-order valence-corrected chi connectivity index (χ3v) is 16.2. The van der Waals surface area contributed by atoms with Crippen molar-refractivity contribution in [1.82, 2.24) is 0 Å². The highest BCUT2D eigenvalue weighted by atomic mass is 28.5. The average Bonchev–Trinajstić information content (AvgIpc) is 2.31. The predicted molar refractivity (Wildman–Crippen MR) is 115 cm³/mol. The van der Waals surface area contributed by atoms with Crippen molar-refractivity contribution in [2.45, 2.75) is 78.1 Å². The molecule has 9 heteroatoms. The Morgan fingerprint density at radius 1 is 0.760 bits per heavy atom. The summed E-state index contributed by atoms with van der Waals surface area (Å²) >= 11 is 0. The average molecular weight is 425 g/mol. The second-order valence-corrected chi connectivity index (χ2v) is 22.9. The Balaban J connectivity index is 4.49. The first kappa shape index (κ1) is 25.4. The van der Waals surface area contributed by atoms with E-state index in [1.807, 2.05) is 13.1 Å². The number of methoxy groups -OCH3 is 1. The van der Waals surface area contributed by atoms with Gasteiger partial charge in [0.1, 0.15) is 0 Å². The van der Waals surface area contributed by atoms with E-state index in [-0.39, 0.29) is 0 Å². The number of ether oxygens (including phenoxy) is 1. The minimum atomic E-state index is -2.60. The van der Waals surface area contributed by atoms with Crippen LogP contribution in [0.5, 0.6) is 0 Å². The molecule has 0 amide bonds. The lowest BCUT2D eigenvalue weighted by molar-refractivity contribution is 0.192. The Labute approximate surface area is 159 Å². The van der Waals surface area contributed by atoms with Gasteiger partial charge in [-0.15, -0.1) is 0 Å². The Kier molecular flexibility index (Phi) is 10.8. The minimum absolute atomic E-state index is 0.847. The van der Waals surface area contributed by atoms with Crippen LogP contribution >= 0.6 is 0 Å². The lowest BCUT2D eigenvalue weighted by atomic mass is 10.2. The van der Waals surface area contributed by atoms with E-state index in [2.05, 4.69) is 38.0 Å². The van der Waals surface area contributed by atoms with Crippen LogP contribution < -0.4 is 0 Å². The topological polar surface area (TPSA) is 57.2 Å². The molecular weight excluding hydrogens is 385 g/mol. The van der Waals surface area contributed by atoms with Crippen LogP contribution in [0.15, 0.2) is 11.8 Å². The summed E-state index contributed by atoms with van der Waals surface area (Å²) in [4.78, 5) is 10.0. The smallest absolute Gasteiger partial charge is 0.320 e. The maximum atomic E-state index is 10.0. The molecule has 0 heterocycles. The summed E-state index contributed by atoms with van der Waals surface area (Å²) < 4.78 is 23.7. The van der Waals surface area contributed by atoms with Crippen LogP contribution in [0.3, 0.4) is 0 Å². The van der Waals surface area contributed by atoms with Crippen molar-refractivity contribution >= 4 is 34.0 Å². The van der Waals surface area contributed by atoms with Crippen LogP contribution in [0, 0.1) is 0 Å². The molecule has 0 aromatic rings. The fraction of sp³-hybridized carbons (Fsp3) is 0.875. The van der Waals surface area contributed by atoms with Crippen LogP contribution in [0.25, 0.3) is 0 Å². The highest BCUT2D eigenvalue weighted by Gasteiger charge is 2.42. The summed E-state index contributed by atoms with van der Waals surface area (Å²) in [5.41, 5.74) is 2.27. The second-order valence-electron chi connectivity index (χ2n) is 8.40. The van der Waals surface area contributed by atoms with E-state index in [4.69, 9.17) is 17.1 Å². The van der Waals surface area contributed by atoms with E-state index in [0.29, 0.717) is 0 Å². The maximum Gasteiger partial charge on any atom is 0.320 e. The first-order chi connectivity index (χ1) is 11.2. The van der Waals surface area contributed by atoms with E-state index < -0.39 is 34.0 Å². The molecular formula is C16H40O5Si4. The lowest BCUT2D eigenvalue weighted by Gasteiger charge is -2.39. The van der Waals surface area contributed by atoms with Crippen molar-refractivity contribution in [1.29, 1.82) is 0 Å². The summed E-state index contributed by atoms with van der Waals surface area (Å²) in [7, 11) is -7.49. The van der Waals surface area contributed by atoms with Crippen molar-refractivity contribution in [2.75, 3.05) is 13.7 Å². The van der Waals surface area contributed by atoms with Gasteiger partial charge in [-0.05, 0) is 71.6 Å². The molecule has 0 saturated heterocycles. The zero-order valence-electron chi connectivity index (χ0n) is 17.8. The van der Waals surface area contributed by atoms with Crippen molar-refractivity contribution < 1.29 is 21.9 Å². The number of hydrogen-bond acceptors (Lipinski definition) is 5. The SMILES string of the molecule is COCCCCC/C=C/[Si](C)(C)O[Si](C)(C)O[Si](C)(C)O[Si](C)(C)O. The fourth-order valence-corrected chi connectivity index (χ4v) is 19.7. The van der Waals surface area contributed by atoms with Crippen LogP contribution in [-0.2, 0) is 17.1 Å². The van der Waals surface area contributed by atoms with E-state index in [1.54, 1.807) is 20.2 Å². The Bertz CT molecular complexity index is 406. The highest BCUT2D eigenvalue weighted by Crippen LogP contribution is 2.23. The van der Waals surface area contributed by atoms with Crippen LogP contribution in [0.4, 0.5) is 0 Å². The summed E-state index contributed by atoms with van der Waals surface area (Å²) in [5, 5.41) is 0. The Morgan fingerprint density at radius 3 is 1.84 bits per heavy atom. The van der Waals surface area contributed by atoms with Gasteiger partial charge in [-0.25, -0.2) is 0 Å². The maximum absolute atomic E-state index is 10.0. The molecule has 150 valence electrons. The first-order valence-corrected chi connectivity index (χ1v) is 20.6. The van der Waals surface area contributed by atoms with E-state index in [0.717, 1.165) is 19.4 Å². The minimum Gasteiger partial charge on any atom is -0.433 e. The quantitative estimate of drug-likeness (QED) is 0.345. The molecule has 5 nitrogen and oxygen atoms in total. The molecule has 1 N–H and O–H groups in total. The summed E-state index contributed by atoms with van der Waals surface area (Å²) in [6, 6.07) is 0. The monoisotopic (exact) mass is 424 g/mol. The van der Waals surface area contributed by atoms with Gasteiger partial charge < -0.3 is 21.9 Å². The zero-order valence-corrected chi connectivity index (χ0v) is 21.8. The molecule has 0 aromatic carbocycles. The van der Waals surface area contributed by atoms with Crippen LogP contribution in [0.1, 0.15) is 25.7 Å². The molecule has 0 fully saturated rings. The van der Waals surface area contributed by atoms with Gasteiger partial charge in [-0.3, -0.25) is 0 Å². The molecule has 0 aromatic heterocycles.